The van der Waals surface area contributed by atoms with Crippen LogP contribution in [0.4, 0.5) is 0 Å². The summed E-state index contributed by atoms with van der Waals surface area (Å²) in [6, 6.07) is 0. The fraction of sp³-hybridized carbons (Fsp3) is 0.537. The summed E-state index contributed by atoms with van der Waals surface area (Å²) in [6.07, 6.45) is 88.1. The van der Waals surface area contributed by atoms with Crippen LogP contribution in [0.1, 0.15) is 213 Å². The van der Waals surface area contributed by atoms with E-state index in [9.17, 15) is 14.4 Å². The third-order valence-electron chi connectivity index (χ3n) is 11.2. The number of carbonyl (C=O) groups is 3. The number of esters is 3. The van der Waals surface area contributed by atoms with Crippen LogP contribution in [0.2, 0.25) is 0 Å². The molecule has 0 bridgehead atoms. The van der Waals surface area contributed by atoms with Crippen LogP contribution in [-0.4, -0.2) is 37.2 Å². The van der Waals surface area contributed by atoms with E-state index in [1.165, 1.54) is 51.4 Å². The van der Waals surface area contributed by atoms with Crippen molar-refractivity contribution in [3.05, 3.63) is 170 Å². The van der Waals surface area contributed by atoms with Gasteiger partial charge in [0.25, 0.3) is 0 Å². The van der Waals surface area contributed by atoms with Gasteiger partial charge in [-0.15, -0.1) is 0 Å². The summed E-state index contributed by atoms with van der Waals surface area (Å²) in [7, 11) is 0. The van der Waals surface area contributed by atoms with Gasteiger partial charge in [0.1, 0.15) is 13.2 Å². The van der Waals surface area contributed by atoms with Gasteiger partial charge in [-0.3, -0.25) is 14.4 Å². The van der Waals surface area contributed by atoms with Crippen LogP contribution < -0.4 is 0 Å². The van der Waals surface area contributed by atoms with E-state index in [2.05, 4.69) is 179 Å². The maximum Gasteiger partial charge on any atom is 0.309 e. The van der Waals surface area contributed by atoms with Crippen molar-refractivity contribution in [1.82, 2.24) is 0 Å². The predicted molar refractivity (Wildman–Crippen MR) is 315 cm³/mol. The molecule has 0 N–H and O–H groups in total. The van der Waals surface area contributed by atoms with E-state index >= 15 is 0 Å². The molecule has 73 heavy (non-hydrogen) atoms. The summed E-state index contributed by atoms with van der Waals surface area (Å²) in [5.74, 6) is -1.15. The van der Waals surface area contributed by atoms with E-state index in [-0.39, 0.29) is 32.0 Å². The molecule has 0 aliphatic carbocycles. The van der Waals surface area contributed by atoms with Crippen LogP contribution in [-0.2, 0) is 28.6 Å². The number of carbonyl (C=O) groups excluding carboxylic acids is 3. The topological polar surface area (TPSA) is 78.9 Å². The third-order valence-corrected chi connectivity index (χ3v) is 11.2. The Hall–Kier alpha value is -5.23. The van der Waals surface area contributed by atoms with Crippen molar-refractivity contribution in [2.45, 2.75) is 219 Å². The molecule has 0 aromatic heterocycles. The van der Waals surface area contributed by atoms with Gasteiger partial charge in [0.2, 0.25) is 0 Å². The normalized spacial score (nSPS) is 13.4. The van der Waals surface area contributed by atoms with Crippen LogP contribution in [0, 0.1) is 0 Å². The van der Waals surface area contributed by atoms with Gasteiger partial charge >= 0.3 is 17.9 Å². The maximum absolute atomic E-state index is 12.8. The molecule has 0 aromatic carbocycles. The monoisotopic (exact) mass is 1000 g/mol. The molecule has 0 aliphatic rings. The van der Waals surface area contributed by atoms with Gasteiger partial charge in [0.15, 0.2) is 6.10 Å². The SMILES string of the molecule is CC/C=C\C/C=C\C/C=C\C/C=C\C/C=C\CCCC(=O)OC(COC(=O)C/C=C\C/C=C\C/C=C\C/C=C\C/C=C\CC)COC(=O)CCCCCCCCCCCC/C=C\C/C=C\C/C=C\C/C=C\CC. The summed E-state index contributed by atoms with van der Waals surface area (Å²) in [6.45, 7) is 6.14. The van der Waals surface area contributed by atoms with Crippen molar-refractivity contribution in [1.29, 1.82) is 0 Å². The highest BCUT2D eigenvalue weighted by Gasteiger charge is 2.19. The zero-order valence-corrected chi connectivity index (χ0v) is 46.3. The minimum Gasteiger partial charge on any atom is -0.462 e. The Morgan fingerprint density at radius 3 is 0.932 bits per heavy atom. The Kier molecular flexibility index (Phi) is 55.1. The van der Waals surface area contributed by atoms with Crippen molar-refractivity contribution in [3.63, 3.8) is 0 Å². The van der Waals surface area contributed by atoms with Crippen molar-refractivity contribution >= 4 is 17.9 Å². The number of hydrogen-bond acceptors (Lipinski definition) is 6. The first-order valence-corrected chi connectivity index (χ1v) is 28.6. The molecule has 0 saturated carbocycles. The van der Waals surface area contributed by atoms with E-state index in [1.807, 2.05) is 6.08 Å². The first kappa shape index (κ1) is 67.8. The van der Waals surface area contributed by atoms with Crippen LogP contribution in [0.5, 0.6) is 0 Å². The molecule has 0 spiro atoms. The van der Waals surface area contributed by atoms with Crippen molar-refractivity contribution in [2.75, 3.05) is 13.2 Å². The molecule has 1 unspecified atom stereocenters. The number of unbranched alkanes of at least 4 members (excludes halogenated alkanes) is 11. The maximum atomic E-state index is 12.8. The van der Waals surface area contributed by atoms with Gasteiger partial charge in [-0.05, 0) is 122 Å². The smallest absolute Gasteiger partial charge is 0.309 e. The van der Waals surface area contributed by atoms with Gasteiger partial charge in [0.05, 0.1) is 6.42 Å². The van der Waals surface area contributed by atoms with E-state index in [0.29, 0.717) is 12.8 Å². The Labute approximate surface area is 447 Å². The lowest BCUT2D eigenvalue weighted by atomic mass is 10.1. The van der Waals surface area contributed by atoms with Crippen LogP contribution in [0.3, 0.4) is 0 Å². The molecule has 0 saturated heterocycles. The molecular weight excluding hydrogens is 901 g/mol. The summed E-state index contributed by atoms with van der Waals surface area (Å²) >= 11 is 0. The molecule has 0 aliphatic heterocycles. The van der Waals surface area contributed by atoms with Gasteiger partial charge in [-0.1, -0.05) is 242 Å². The fourth-order valence-corrected chi connectivity index (χ4v) is 7.07. The largest absolute Gasteiger partial charge is 0.462 e. The highest BCUT2D eigenvalue weighted by molar-refractivity contribution is 5.72. The van der Waals surface area contributed by atoms with E-state index < -0.39 is 18.0 Å². The molecule has 6 nitrogen and oxygen atoms in total. The van der Waals surface area contributed by atoms with E-state index in [1.54, 1.807) is 6.08 Å². The highest BCUT2D eigenvalue weighted by atomic mass is 16.6. The van der Waals surface area contributed by atoms with Gasteiger partial charge in [0, 0.05) is 12.8 Å². The Morgan fingerprint density at radius 2 is 0.562 bits per heavy atom. The van der Waals surface area contributed by atoms with Crippen LogP contribution >= 0.6 is 0 Å². The van der Waals surface area contributed by atoms with Crippen molar-refractivity contribution in [3.8, 4) is 0 Å². The van der Waals surface area contributed by atoms with Crippen LogP contribution in [0.25, 0.3) is 0 Å². The lowest BCUT2D eigenvalue weighted by Crippen LogP contribution is -2.30. The minimum atomic E-state index is -0.859. The third kappa shape index (κ3) is 57.5. The Morgan fingerprint density at radius 1 is 0.288 bits per heavy atom. The zero-order chi connectivity index (χ0) is 52.9. The molecule has 1 atom stereocenters. The van der Waals surface area contributed by atoms with E-state index in [0.717, 1.165) is 116 Å². The molecule has 0 fully saturated rings. The van der Waals surface area contributed by atoms with Crippen molar-refractivity contribution < 1.29 is 28.6 Å². The first-order chi connectivity index (χ1) is 36.0. The molecule has 0 aromatic rings. The molecule has 0 rings (SSSR count). The second-order valence-corrected chi connectivity index (χ2v) is 18.1. The Bertz CT molecular complexity index is 1720. The molecule has 6 heteroatoms. The van der Waals surface area contributed by atoms with Gasteiger partial charge < -0.3 is 14.2 Å². The summed E-state index contributed by atoms with van der Waals surface area (Å²) in [5, 5.41) is 0. The Balaban J connectivity index is 4.56. The van der Waals surface area contributed by atoms with Gasteiger partial charge in [-0.2, -0.15) is 0 Å². The summed E-state index contributed by atoms with van der Waals surface area (Å²) in [5.41, 5.74) is 0. The molecular formula is C67H102O6. The van der Waals surface area contributed by atoms with E-state index in [4.69, 9.17) is 14.2 Å². The average Bonchev–Trinajstić information content (AvgIpc) is 3.39. The predicted octanol–water partition coefficient (Wildman–Crippen LogP) is 19.5. The van der Waals surface area contributed by atoms with Crippen LogP contribution in [0.15, 0.2) is 170 Å². The summed E-state index contributed by atoms with van der Waals surface area (Å²) in [4.78, 5) is 38.1. The second-order valence-electron chi connectivity index (χ2n) is 18.1. The number of allylic oxidation sites excluding steroid dienone is 27. The fourth-order valence-electron chi connectivity index (χ4n) is 7.07. The summed E-state index contributed by atoms with van der Waals surface area (Å²) < 4.78 is 16.7. The molecule has 0 heterocycles. The number of rotatable bonds is 49. The standard InChI is InChI=1S/C67H102O6/c1-4-7-10-13-16-19-22-25-28-30-31-32-33-34-35-37-39-42-45-48-51-54-57-60-66(69)72-63-64(62-71-65(68)59-56-53-50-47-44-41-38-27-24-21-18-15-12-9-6-3)73-67(70)61-58-55-52-49-46-43-40-36-29-26-23-20-17-14-11-8-5-2/h7-12,16-21,25-29,31-32,38,40,43-44,47,49,52-53,56,64H,4-6,13-15,22-24,30,33-37,39,41-42,45-46,48,50-51,54-55,57-63H2,1-3H3/b10-7-,11-8-,12-9-,19-16-,20-17-,21-18-,28-25-,29-26-,32-31-,38-27-,43-40-,47-44-,52-49-,56-53-. The molecule has 406 valence electrons. The zero-order valence-electron chi connectivity index (χ0n) is 46.3. The highest BCUT2D eigenvalue weighted by Crippen LogP contribution is 2.13. The first-order valence-electron chi connectivity index (χ1n) is 28.6. The lowest BCUT2D eigenvalue weighted by Gasteiger charge is -2.18. The molecule has 0 radical (unpaired) electrons. The van der Waals surface area contributed by atoms with Crippen molar-refractivity contribution in [2.24, 2.45) is 0 Å². The lowest BCUT2D eigenvalue weighted by molar-refractivity contribution is -0.166. The second kappa shape index (κ2) is 59.3. The number of ether oxygens (including phenoxy) is 3. The minimum absolute atomic E-state index is 0.106. The molecule has 0 amide bonds. The average molecular weight is 1000 g/mol. The van der Waals surface area contributed by atoms with Gasteiger partial charge in [-0.25, -0.2) is 0 Å². The quantitative estimate of drug-likeness (QED) is 0.0261. The number of hydrogen-bond donors (Lipinski definition) is 0.